The van der Waals surface area contributed by atoms with E-state index in [-0.39, 0.29) is 31.0 Å². The van der Waals surface area contributed by atoms with Gasteiger partial charge in [0.05, 0.1) is 5.75 Å². The lowest BCUT2D eigenvalue weighted by molar-refractivity contribution is -0.196. The van der Waals surface area contributed by atoms with Crippen molar-refractivity contribution in [1.82, 2.24) is 10.4 Å². The number of rotatable bonds is 7. The molecule has 23 heavy (non-hydrogen) atoms. The first-order chi connectivity index (χ1) is 11.1. The highest BCUT2D eigenvalue weighted by Crippen LogP contribution is 2.12. The van der Waals surface area contributed by atoms with E-state index in [0.29, 0.717) is 10.8 Å². The summed E-state index contributed by atoms with van der Waals surface area (Å²) in [5.41, 5.74) is 1.11. The number of carbonyl (C=O) groups excluding carboxylic acids is 4. The Morgan fingerprint density at radius 1 is 1.13 bits per heavy atom. The Kier molecular flexibility index (Phi) is 6.16. The minimum atomic E-state index is -0.852. The number of nitrogens with zero attached hydrogens (tertiary/aromatic N) is 1. The summed E-state index contributed by atoms with van der Waals surface area (Å²) in [5.74, 6) is -1.38. The molecule has 1 heterocycles. The van der Waals surface area contributed by atoms with Crippen molar-refractivity contribution in [3.8, 4) is 0 Å². The third-order valence-electron chi connectivity index (χ3n) is 2.97. The van der Waals surface area contributed by atoms with Crippen LogP contribution in [0, 0.1) is 0 Å². The standard InChI is InChI=1S/C15H16N2O5S/c18-12(10-23-9-11-4-2-1-3-5-11)16-8-15(21)22-17-13(19)6-7-14(17)20/h1-5H,6-10H2,(H,16,18). The zero-order valence-electron chi connectivity index (χ0n) is 12.3. The van der Waals surface area contributed by atoms with E-state index in [1.165, 1.54) is 11.8 Å². The van der Waals surface area contributed by atoms with E-state index in [2.05, 4.69) is 10.2 Å². The topological polar surface area (TPSA) is 92.8 Å². The van der Waals surface area contributed by atoms with Crippen molar-refractivity contribution in [1.29, 1.82) is 0 Å². The van der Waals surface area contributed by atoms with Crippen molar-refractivity contribution in [2.75, 3.05) is 12.3 Å². The predicted octanol–water partition coefficient (Wildman–Crippen LogP) is 0.643. The van der Waals surface area contributed by atoms with Crippen molar-refractivity contribution in [2.45, 2.75) is 18.6 Å². The van der Waals surface area contributed by atoms with E-state index in [1.807, 2.05) is 30.3 Å². The number of benzene rings is 1. The van der Waals surface area contributed by atoms with E-state index in [9.17, 15) is 19.2 Å². The SMILES string of the molecule is O=C(CSCc1ccccc1)NCC(=O)ON1C(=O)CCC1=O. The molecule has 0 aliphatic carbocycles. The van der Waals surface area contributed by atoms with Crippen LogP contribution in [-0.4, -0.2) is 41.1 Å². The van der Waals surface area contributed by atoms with Crippen molar-refractivity contribution < 1.29 is 24.0 Å². The maximum absolute atomic E-state index is 11.6. The Morgan fingerprint density at radius 3 is 2.43 bits per heavy atom. The fourth-order valence-electron chi connectivity index (χ4n) is 1.85. The lowest BCUT2D eigenvalue weighted by atomic mass is 10.2. The predicted molar refractivity (Wildman–Crippen MR) is 82.8 cm³/mol. The lowest BCUT2D eigenvalue weighted by Gasteiger charge is -2.12. The van der Waals surface area contributed by atoms with Crippen LogP contribution >= 0.6 is 11.8 Å². The van der Waals surface area contributed by atoms with Crippen molar-refractivity contribution >= 4 is 35.5 Å². The first-order valence-corrected chi connectivity index (χ1v) is 8.16. The number of carbonyl (C=O) groups is 4. The Labute approximate surface area is 137 Å². The summed E-state index contributed by atoms with van der Waals surface area (Å²) in [4.78, 5) is 50.3. The van der Waals surface area contributed by atoms with Gasteiger partial charge in [-0.25, -0.2) is 4.79 Å². The van der Waals surface area contributed by atoms with Gasteiger partial charge in [0.25, 0.3) is 11.8 Å². The average molecular weight is 336 g/mol. The van der Waals surface area contributed by atoms with Crippen LogP contribution in [0.2, 0.25) is 0 Å². The molecule has 0 aromatic heterocycles. The third-order valence-corrected chi connectivity index (χ3v) is 3.98. The van der Waals surface area contributed by atoms with Crippen LogP contribution in [-0.2, 0) is 29.8 Å². The van der Waals surface area contributed by atoms with Crippen LogP contribution in [0.5, 0.6) is 0 Å². The molecule has 3 amide bonds. The molecule has 1 aliphatic rings. The highest BCUT2D eigenvalue weighted by molar-refractivity contribution is 7.99. The lowest BCUT2D eigenvalue weighted by Crippen LogP contribution is -2.38. The zero-order valence-corrected chi connectivity index (χ0v) is 13.1. The Hall–Kier alpha value is -2.35. The number of hydroxylamine groups is 2. The quantitative estimate of drug-likeness (QED) is 0.735. The van der Waals surface area contributed by atoms with E-state index in [4.69, 9.17) is 0 Å². The van der Waals surface area contributed by atoms with Crippen LogP contribution in [0.15, 0.2) is 30.3 Å². The molecule has 2 rings (SSSR count). The van der Waals surface area contributed by atoms with Crippen LogP contribution in [0.4, 0.5) is 0 Å². The highest BCUT2D eigenvalue weighted by Gasteiger charge is 2.32. The molecule has 1 aliphatic heterocycles. The van der Waals surface area contributed by atoms with Gasteiger partial charge in [-0.15, -0.1) is 16.8 Å². The van der Waals surface area contributed by atoms with Gasteiger partial charge in [0.2, 0.25) is 5.91 Å². The van der Waals surface area contributed by atoms with Gasteiger partial charge in [0.15, 0.2) is 0 Å². The molecular weight excluding hydrogens is 320 g/mol. The zero-order chi connectivity index (χ0) is 16.7. The summed E-state index contributed by atoms with van der Waals surface area (Å²) < 4.78 is 0. The largest absolute Gasteiger partial charge is 0.352 e. The second-order valence-electron chi connectivity index (χ2n) is 4.80. The Balaban J connectivity index is 1.63. The first-order valence-electron chi connectivity index (χ1n) is 7.01. The molecule has 122 valence electrons. The number of imide groups is 1. The minimum Gasteiger partial charge on any atom is -0.344 e. The van der Waals surface area contributed by atoms with Gasteiger partial charge < -0.3 is 10.2 Å². The summed E-state index contributed by atoms with van der Waals surface area (Å²) in [6.07, 6.45) is 0.0726. The van der Waals surface area contributed by atoms with Crippen LogP contribution in [0.25, 0.3) is 0 Å². The molecule has 1 saturated heterocycles. The van der Waals surface area contributed by atoms with E-state index in [1.54, 1.807) is 0 Å². The molecule has 0 saturated carbocycles. The fourth-order valence-corrected chi connectivity index (χ4v) is 2.67. The minimum absolute atomic E-state index is 0.0363. The molecule has 0 unspecified atom stereocenters. The third kappa shape index (κ3) is 5.41. The Morgan fingerprint density at radius 2 is 1.78 bits per heavy atom. The first kappa shape index (κ1) is 17.0. The van der Waals surface area contributed by atoms with Gasteiger partial charge in [0.1, 0.15) is 6.54 Å². The summed E-state index contributed by atoms with van der Waals surface area (Å²) in [6, 6.07) is 9.70. The van der Waals surface area contributed by atoms with Gasteiger partial charge in [0, 0.05) is 18.6 Å². The molecule has 0 spiro atoms. The number of thioether (sulfide) groups is 1. The second-order valence-corrected chi connectivity index (χ2v) is 5.79. The van der Waals surface area contributed by atoms with Gasteiger partial charge in [-0.1, -0.05) is 30.3 Å². The molecule has 0 atom stereocenters. The van der Waals surface area contributed by atoms with Crippen LogP contribution in [0.3, 0.4) is 0 Å². The monoisotopic (exact) mass is 336 g/mol. The second kappa shape index (κ2) is 8.33. The molecule has 0 bridgehead atoms. The van der Waals surface area contributed by atoms with Gasteiger partial charge in [-0.2, -0.15) is 0 Å². The average Bonchev–Trinajstić information content (AvgIpc) is 2.86. The van der Waals surface area contributed by atoms with Gasteiger partial charge >= 0.3 is 5.97 Å². The summed E-state index contributed by atoms with van der Waals surface area (Å²) >= 11 is 1.42. The maximum Gasteiger partial charge on any atom is 0.352 e. The molecule has 1 N–H and O–H groups in total. The van der Waals surface area contributed by atoms with Crippen LogP contribution in [0.1, 0.15) is 18.4 Å². The van der Waals surface area contributed by atoms with Crippen LogP contribution < -0.4 is 5.32 Å². The fraction of sp³-hybridized carbons (Fsp3) is 0.333. The number of hydrogen-bond acceptors (Lipinski definition) is 6. The number of hydrogen-bond donors (Lipinski definition) is 1. The van der Waals surface area contributed by atoms with Crippen molar-refractivity contribution in [2.24, 2.45) is 0 Å². The Bertz CT molecular complexity index is 589. The van der Waals surface area contributed by atoms with Crippen molar-refractivity contribution in [3.05, 3.63) is 35.9 Å². The smallest absolute Gasteiger partial charge is 0.344 e. The summed E-state index contributed by atoms with van der Waals surface area (Å²) in [6.45, 7) is -0.387. The molecule has 0 radical (unpaired) electrons. The number of nitrogens with one attached hydrogen (secondary N) is 1. The highest BCUT2D eigenvalue weighted by atomic mass is 32.2. The van der Waals surface area contributed by atoms with E-state index >= 15 is 0 Å². The summed E-state index contributed by atoms with van der Waals surface area (Å²) in [5, 5.41) is 2.85. The normalized spacial score (nSPS) is 14.0. The van der Waals surface area contributed by atoms with E-state index in [0.717, 1.165) is 5.56 Å². The number of amides is 3. The summed E-state index contributed by atoms with van der Waals surface area (Å²) in [7, 11) is 0. The van der Waals surface area contributed by atoms with Crippen molar-refractivity contribution in [3.63, 3.8) is 0 Å². The molecular formula is C15H16N2O5S. The van der Waals surface area contributed by atoms with E-state index < -0.39 is 17.8 Å². The van der Waals surface area contributed by atoms with Gasteiger partial charge in [-0.3, -0.25) is 14.4 Å². The molecule has 8 heteroatoms. The molecule has 1 aromatic carbocycles. The molecule has 1 fully saturated rings. The molecule has 7 nitrogen and oxygen atoms in total. The molecule has 1 aromatic rings. The van der Waals surface area contributed by atoms with Gasteiger partial charge in [-0.05, 0) is 5.56 Å². The maximum atomic E-state index is 11.6.